The highest BCUT2D eigenvalue weighted by atomic mass is 32.2. The summed E-state index contributed by atoms with van der Waals surface area (Å²) in [5, 5.41) is 0. The molecule has 1 fully saturated rings. The Morgan fingerprint density at radius 3 is 2.61 bits per heavy atom. The number of benzene rings is 2. The Balaban J connectivity index is 1.76. The molecule has 0 radical (unpaired) electrons. The van der Waals surface area contributed by atoms with Crippen LogP contribution in [0, 0.1) is 0 Å². The van der Waals surface area contributed by atoms with E-state index in [4.69, 9.17) is 26.4 Å². The van der Waals surface area contributed by atoms with E-state index in [-0.39, 0.29) is 12.5 Å². The van der Waals surface area contributed by atoms with Crippen LogP contribution in [0.25, 0.3) is 6.08 Å². The predicted octanol–water partition coefficient (Wildman–Crippen LogP) is 4.43. The zero-order valence-electron chi connectivity index (χ0n) is 17.5. The molecule has 1 aliphatic rings. The maximum atomic E-state index is 12.8. The zero-order chi connectivity index (χ0) is 22.4. The van der Waals surface area contributed by atoms with Crippen molar-refractivity contribution in [2.45, 2.75) is 26.5 Å². The zero-order valence-corrected chi connectivity index (χ0v) is 19.1. The summed E-state index contributed by atoms with van der Waals surface area (Å²) >= 11 is 6.47. The fourth-order valence-electron chi connectivity index (χ4n) is 2.96. The molecule has 1 heterocycles. The summed E-state index contributed by atoms with van der Waals surface area (Å²) in [6, 6.07) is 14.5. The van der Waals surface area contributed by atoms with Crippen molar-refractivity contribution in [1.29, 1.82) is 0 Å². The van der Waals surface area contributed by atoms with Crippen LogP contribution >= 0.6 is 24.0 Å². The molecule has 162 valence electrons. The van der Waals surface area contributed by atoms with Gasteiger partial charge in [-0.05, 0) is 43.2 Å². The number of rotatable bonds is 8. The van der Waals surface area contributed by atoms with Crippen molar-refractivity contribution in [2.24, 2.45) is 0 Å². The average Bonchev–Trinajstić information content (AvgIpc) is 3.05. The van der Waals surface area contributed by atoms with Crippen LogP contribution in [0.2, 0.25) is 0 Å². The van der Waals surface area contributed by atoms with E-state index < -0.39 is 12.0 Å². The predicted molar refractivity (Wildman–Crippen MR) is 125 cm³/mol. The lowest BCUT2D eigenvalue weighted by molar-refractivity contribution is -0.149. The third-order valence-corrected chi connectivity index (χ3v) is 5.89. The highest BCUT2D eigenvalue weighted by Crippen LogP contribution is 2.36. The molecule has 1 unspecified atom stereocenters. The van der Waals surface area contributed by atoms with Crippen molar-refractivity contribution in [3.63, 3.8) is 0 Å². The molecule has 0 aliphatic carbocycles. The second kappa shape index (κ2) is 10.5. The van der Waals surface area contributed by atoms with Gasteiger partial charge < -0.3 is 14.2 Å². The number of amides is 1. The van der Waals surface area contributed by atoms with Crippen LogP contribution in [0.1, 0.15) is 25.0 Å². The molecule has 1 atom stereocenters. The van der Waals surface area contributed by atoms with Gasteiger partial charge in [0.2, 0.25) is 0 Å². The number of hydrogen-bond donors (Lipinski definition) is 0. The lowest BCUT2D eigenvalue weighted by Crippen LogP contribution is -2.42. The van der Waals surface area contributed by atoms with E-state index in [0.717, 1.165) is 22.9 Å². The molecule has 3 rings (SSSR count). The SMILES string of the molecule is CCOC(=O)C(C)N1C(=O)/C(=C/c2ccc(OCc3ccccc3)c(OC)c2)SC1=S. The summed E-state index contributed by atoms with van der Waals surface area (Å²) in [7, 11) is 1.56. The maximum absolute atomic E-state index is 12.8. The number of carbonyl (C=O) groups is 2. The van der Waals surface area contributed by atoms with Crippen LogP contribution in [0.4, 0.5) is 0 Å². The first-order chi connectivity index (χ1) is 14.9. The van der Waals surface area contributed by atoms with E-state index in [0.29, 0.717) is 27.3 Å². The molecule has 6 nitrogen and oxygen atoms in total. The Morgan fingerprint density at radius 1 is 1.19 bits per heavy atom. The molecule has 0 aromatic heterocycles. The Hall–Kier alpha value is -2.84. The van der Waals surface area contributed by atoms with Crippen LogP contribution < -0.4 is 9.47 Å². The van der Waals surface area contributed by atoms with E-state index >= 15 is 0 Å². The molecular formula is C23H23NO5S2. The number of esters is 1. The molecule has 0 spiro atoms. The number of methoxy groups -OCH3 is 1. The highest BCUT2D eigenvalue weighted by molar-refractivity contribution is 8.26. The van der Waals surface area contributed by atoms with Gasteiger partial charge in [-0.1, -0.05) is 60.4 Å². The Morgan fingerprint density at radius 2 is 1.94 bits per heavy atom. The van der Waals surface area contributed by atoms with Crippen LogP contribution in [0.3, 0.4) is 0 Å². The molecule has 0 bridgehead atoms. The quantitative estimate of drug-likeness (QED) is 0.330. The van der Waals surface area contributed by atoms with E-state index in [1.165, 1.54) is 4.90 Å². The van der Waals surface area contributed by atoms with Gasteiger partial charge in [0, 0.05) is 0 Å². The summed E-state index contributed by atoms with van der Waals surface area (Å²) in [6.07, 6.45) is 1.72. The Labute approximate surface area is 191 Å². The topological polar surface area (TPSA) is 65.1 Å². The Kier molecular flexibility index (Phi) is 7.70. The van der Waals surface area contributed by atoms with E-state index in [1.807, 2.05) is 36.4 Å². The van der Waals surface area contributed by atoms with Gasteiger partial charge in [0.15, 0.2) is 11.5 Å². The number of ether oxygens (including phenoxy) is 3. The van der Waals surface area contributed by atoms with E-state index in [9.17, 15) is 9.59 Å². The first kappa shape index (κ1) is 22.8. The third kappa shape index (κ3) is 5.45. The second-order valence-corrected chi connectivity index (χ2v) is 8.34. The smallest absolute Gasteiger partial charge is 0.329 e. The normalized spacial score (nSPS) is 15.8. The lowest BCUT2D eigenvalue weighted by atomic mass is 10.1. The van der Waals surface area contributed by atoms with Crippen molar-refractivity contribution in [3.05, 3.63) is 64.6 Å². The number of thioether (sulfide) groups is 1. The summed E-state index contributed by atoms with van der Waals surface area (Å²) in [4.78, 5) is 26.6. The molecule has 0 N–H and O–H groups in total. The van der Waals surface area contributed by atoms with E-state index in [2.05, 4.69) is 0 Å². The molecule has 1 amide bonds. The number of thiocarbonyl (C=S) groups is 1. The fraction of sp³-hybridized carbons (Fsp3) is 0.261. The van der Waals surface area contributed by atoms with Crippen molar-refractivity contribution in [1.82, 2.24) is 4.90 Å². The second-order valence-electron chi connectivity index (χ2n) is 6.66. The Bertz CT molecular complexity index is 1010. The lowest BCUT2D eigenvalue weighted by Gasteiger charge is -2.21. The summed E-state index contributed by atoms with van der Waals surface area (Å²) in [5.41, 5.74) is 1.81. The van der Waals surface area contributed by atoms with Crippen molar-refractivity contribution >= 4 is 46.3 Å². The average molecular weight is 458 g/mol. The van der Waals surface area contributed by atoms with Gasteiger partial charge in [-0.15, -0.1) is 0 Å². The summed E-state index contributed by atoms with van der Waals surface area (Å²) < 4.78 is 16.7. The van der Waals surface area contributed by atoms with Gasteiger partial charge >= 0.3 is 5.97 Å². The molecular weight excluding hydrogens is 434 g/mol. The molecule has 31 heavy (non-hydrogen) atoms. The van der Waals surface area contributed by atoms with Crippen LogP contribution in [-0.2, 0) is 20.9 Å². The number of carbonyl (C=O) groups excluding carboxylic acids is 2. The molecule has 0 saturated carbocycles. The minimum Gasteiger partial charge on any atom is -0.493 e. The van der Waals surface area contributed by atoms with Gasteiger partial charge in [0.1, 0.15) is 17.0 Å². The molecule has 1 saturated heterocycles. The largest absolute Gasteiger partial charge is 0.493 e. The molecule has 2 aromatic carbocycles. The number of hydrogen-bond acceptors (Lipinski definition) is 7. The van der Waals surface area contributed by atoms with Gasteiger partial charge in [-0.3, -0.25) is 9.69 Å². The van der Waals surface area contributed by atoms with Gasteiger partial charge in [-0.2, -0.15) is 0 Å². The monoisotopic (exact) mass is 457 g/mol. The van der Waals surface area contributed by atoms with Crippen molar-refractivity contribution < 1.29 is 23.8 Å². The first-order valence-corrected chi connectivity index (χ1v) is 11.0. The molecule has 8 heteroatoms. The molecule has 2 aromatic rings. The van der Waals surface area contributed by atoms with Crippen molar-refractivity contribution in [3.8, 4) is 11.5 Å². The minimum absolute atomic E-state index is 0.242. The highest BCUT2D eigenvalue weighted by Gasteiger charge is 2.38. The first-order valence-electron chi connectivity index (χ1n) is 9.73. The fourth-order valence-corrected chi connectivity index (χ4v) is 4.38. The van der Waals surface area contributed by atoms with Crippen LogP contribution in [0.5, 0.6) is 11.5 Å². The standard InChI is InChI=1S/C23H23NO5S2/c1-4-28-22(26)15(2)24-21(25)20(31-23(24)30)13-17-10-11-18(19(12-17)27-3)29-14-16-8-6-5-7-9-16/h5-13,15H,4,14H2,1-3H3/b20-13-. The van der Waals surface area contributed by atoms with Gasteiger partial charge in [0.05, 0.1) is 18.6 Å². The summed E-state index contributed by atoms with van der Waals surface area (Å²) in [5.74, 6) is 0.354. The number of nitrogens with zero attached hydrogens (tertiary/aromatic N) is 1. The van der Waals surface area contributed by atoms with Crippen molar-refractivity contribution in [2.75, 3.05) is 13.7 Å². The maximum Gasteiger partial charge on any atom is 0.329 e. The van der Waals surface area contributed by atoms with Crippen LogP contribution in [-0.4, -0.2) is 40.9 Å². The summed E-state index contributed by atoms with van der Waals surface area (Å²) in [6.45, 7) is 3.98. The third-order valence-electron chi connectivity index (χ3n) is 4.56. The van der Waals surface area contributed by atoms with Gasteiger partial charge in [0.25, 0.3) is 5.91 Å². The van der Waals surface area contributed by atoms with E-state index in [1.54, 1.807) is 39.2 Å². The van der Waals surface area contributed by atoms with Crippen LogP contribution in [0.15, 0.2) is 53.4 Å². The molecule has 1 aliphatic heterocycles. The minimum atomic E-state index is -0.776. The van der Waals surface area contributed by atoms with Gasteiger partial charge in [-0.25, -0.2) is 4.79 Å².